The molecule has 106 valence electrons. The number of aliphatic carboxylic acids is 1. The smallest absolute Gasteiger partial charge is 0.323 e. The van der Waals surface area contributed by atoms with Crippen LogP contribution in [-0.2, 0) is 16.1 Å². The highest BCUT2D eigenvalue weighted by Gasteiger charge is 2.29. The lowest BCUT2D eigenvalue weighted by Crippen LogP contribution is -2.49. The fourth-order valence-corrected chi connectivity index (χ4v) is 2.73. The molecule has 1 atom stereocenters. The summed E-state index contributed by atoms with van der Waals surface area (Å²) in [4.78, 5) is 16.4. The fourth-order valence-electron chi connectivity index (χ4n) is 2.56. The van der Waals surface area contributed by atoms with E-state index in [0.29, 0.717) is 24.7 Å². The number of halogens is 1. The molecule has 0 amide bonds. The number of carbonyl (C=O) groups is 1. The maximum atomic E-state index is 11.3. The molecule has 1 saturated heterocycles. The normalized spacial score (nSPS) is 20.4. The quantitative estimate of drug-likeness (QED) is 0.910. The first-order chi connectivity index (χ1) is 9.65. The van der Waals surface area contributed by atoms with Crippen molar-refractivity contribution in [3.05, 3.63) is 35.0 Å². The second-order valence-corrected chi connectivity index (χ2v) is 5.34. The van der Waals surface area contributed by atoms with Crippen LogP contribution in [0.1, 0.15) is 5.56 Å². The number of fused-ring (bicyclic) bond motifs is 1. The summed E-state index contributed by atoms with van der Waals surface area (Å²) in [6.07, 6.45) is 1.91. The molecule has 0 radical (unpaired) electrons. The summed E-state index contributed by atoms with van der Waals surface area (Å²) < 4.78 is 5.25. The number of nitrogens with one attached hydrogen (secondary N) is 1. The van der Waals surface area contributed by atoms with Gasteiger partial charge in [0.25, 0.3) is 0 Å². The van der Waals surface area contributed by atoms with Crippen molar-refractivity contribution < 1.29 is 14.6 Å². The Kier molecular flexibility index (Phi) is 3.65. The number of aromatic amines is 1. The summed E-state index contributed by atoms with van der Waals surface area (Å²) in [6, 6.07) is 5.09. The van der Waals surface area contributed by atoms with Gasteiger partial charge in [0.15, 0.2) is 0 Å². The number of hydrogen-bond acceptors (Lipinski definition) is 3. The molecule has 2 aromatic rings. The number of carboxylic acid groups (broad SMARTS) is 1. The van der Waals surface area contributed by atoms with E-state index >= 15 is 0 Å². The third-order valence-electron chi connectivity index (χ3n) is 3.63. The lowest BCUT2D eigenvalue weighted by molar-refractivity contribution is -0.150. The van der Waals surface area contributed by atoms with Gasteiger partial charge in [0.1, 0.15) is 6.04 Å². The van der Waals surface area contributed by atoms with E-state index in [-0.39, 0.29) is 6.61 Å². The first-order valence-electron chi connectivity index (χ1n) is 6.45. The van der Waals surface area contributed by atoms with E-state index < -0.39 is 12.0 Å². The maximum Gasteiger partial charge on any atom is 0.323 e. The fraction of sp³-hybridized carbons (Fsp3) is 0.357. The second kappa shape index (κ2) is 5.44. The van der Waals surface area contributed by atoms with E-state index in [1.165, 1.54) is 0 Å². The Bertz CT molecular complexity index is 640. The zero-order valence-electron chi connectivity index (χ0n) is 10.8. The van der Waals surface area contributed by atoms with E-state index in [4.69, 9.17) is 16.3 Å². The van der Waals surface area contributed by atoms with Gasteiger partial charge in [0, 0.05) is 35.2 Å². The van der Waals surface area contributed by atoms with E-state index in [1.54, 1.807) is 0 Å². The number of benzene rings is 1. The molecule has 3 rings (SSSR count). The minimum atomic E-state index is -0.840. The van der Waals surface area contributed by atoms with Gasteiger partial charge >= 0.3 is 5.97 Å². The Hall–Kier alpha value is -1.56. The average molecular weight is 295 g/mol. The lowest BCUT2D eigenvalue weighted by atomic mass is 10.1. The number of aromatic nitrogens is 1. The molecule has 2 N–H and O–H groups in total. The van der Waals surface area contributed by atoms with Gasteiger partial charge in [-0.2, -0.15) is 0 Å². The molecule has 0 aliphatic carbocycles. The van der Waals surface area contributed by atoms with Crippen LogP contribution in [0, 0.1) is 0 Å². The van der Waals surface area contributed by atoms with Crippen molar-refractivity contribution in [3.8, 4) is 0 Å². The topological polar surface area (TPSA) is 65.6 Å². The van der Waals surface area contributed by atoms with Crippen LogP contribution in [0.5, 0.6) is 0 Å². The van der Waals surface area contributed by atoms with E-state index in [1.807, 2.05) is 29.3 Å². The van der Waals surface area contributed by atoms with Gasteiger partial charge in [-0.15, -0.1) is 0 Å². The van der Waals surface area contributed by atoms with Crippen molar-refractivity contribution in [2.45, 2.75) is 12.6 Å². The Labute approximate surface area is 121 Å². The molecule has 1 aromatic carbocycles. The Morgan fingerprint density at radius 1 is 1.55 bits per heavy atom. The van der Waals surface area contributed by atoms with Crippen molar-refractivity contribution >= 4 is 28.5 Å². The monoisotopic (exact) mass is 294 g/mol. The standard InChI is InChI=1S/C14H15ClN2O3/c15-10-1-2-11-9(6-16-12(11)5-10)7-17-3-4-20-8-13(17)14(18)19/h1-2,5-6,13,16H,3-4,7-8H2,(H,18,19). The molecule has 20 heavy (non-hydrogen) atoms. The van der Waals surface area contributed by atoms with Gasteiger partial charge in [-0.3, -0.25) is 9.69 Å². The van der Waals surface area contributed by atoms with Crippen molar-refractivity contribution in [3.63, 3.8) is 0 Å². The van der Waals surface area contributed by atoms with E-state index in [0.717, 1.165) is 16.5 Å². The third-order valence-corrected chi connectivity index (χ3v) is 3.86. The number of carboxylic acids is 1. The number of morpholine rings is 1. The van der Waals surface area contributed by atoms with E-state index in [9.17, 15) is 9.90 Å². The summed E-state index contributed by atoms with van der Waals surface area (Å²) in [5.41, 5.74) is 2.04. The number of nitrogens with zero attached hydrogens (tertiary/aromatic N) is 1. The molecule has 1 aromatic heterocycles. The maximum absolute atomic E-state index is 11.3. The van der Waals surface area contributed by atoms with Crippen LogP contribution in [0.15, 0.2) is 24.4 Å². The summed E-state index contributed by atoms with van der Waals surface area (Å²) >= 11 is 5.96. The third kappa shape index (κ3) is 2.52. The zero-order chi connectivity index (χ0) is 14.1. The van der Waals surface area contributed by atoms with Crippen LogP contribution in [-0.4, -0.2) is 46.8 Å². The molecular weight excluding hydrogens is 280 g/mol. The lowest BCUT2D eigenvalue weighted by Gasteiger charge is -2.32. The molecule has 1 fully saturated rings. The SMILES string of the molecule is O=C(O)C1COCCN1Cc1c[nH]c2cc(Cl)ccc12. The predicted molar refractivity (Wildman–Crippen MR) is 76.0 cm³/mol. The zero-order valence-corrected chi connectivity index (χ0v) is 11.6. The molecule has 0 bridgehead atoms. The van der Waals surface area contributed by atoms with Gasteiger partial charge in [-0.1, -0.05) is 17.7 Å². The van der Waals surface area contributed by atoms with Gasteiger partial charge in [0.05, 0.1) is 13.2 Å². The summed E-state index contributed by atoms with van der Waals surface area (Å²) in [5.74, 6) is -0.840. The molecule has 1 unspecified atom stereocenters. The van der Waals surface area contributed by atoms with Crippen LogP contribution in [0.25, 0.3) is 10.9 Å². The Balaban J connectivity index is 1.86. The second-order valence-electron chi connectivity index (χ2n) is 4.90. The first kappa shape index (κ1) is 13.4. The summed E-state index contributed by atoms with van der Waals surface area (Å²) in [5, 5.41) is 11.0. The first-order valence-corrected chi connectivity index (χ1v) is 6.83. The highest BCUT2D eigenvalue weighted by Crippen LogP contribution is 2.24. The molecule has 0 spiro atoms. The van der Waals surface area contributed by atoms with Gasteiger partial charge in [-0.25, -0.2) is 0 Å². The molecule has 1 aliphatic heterocycles. The summed E-state index contributed by atoms with van der Waals surface area (Å²) in [6.45, 7) is 2.01. The van der Waals surface area contributed by atoms with Gasteiger partial charge < -0.3 is 14.8 Å². The number of rotatable bonds is 3. The van der Waals surface area contributed by atoms with Crippen molar-refractivity contribution in [2.75, 3.05) is 19.8 Å². The van der Waals surface area contributed by atoms with Crippen LogP contribution >= 0.6 is 11.6 Å². The van der Waals surface area contributed by atoms with Crippen LogP contribution in [0.4, 0.5) is 0 Å². The molecule has 6 heteroatoms. The summed E-state index contributed by atoms with van der Waals surface area (Å²) in [7, 11) is 0. The highest BCUT2D eigenvalue weighted by molar-refractivity contribution is 6.31. The number of H-pyrrole nitrogens is 1. The van der Waals surface area contributed by atoms with Crippen LogP contribution < -0.4 is 0 Å². The van der Waals surface area contributed by atoms with Crippen molar-refractivity contribution in [1.29, 1.82) is 0 Å². The van der Waals surface area contributed by atoms with E-state index in [2.05, 4.69) is 4.98 Å². The Morgan fingerprint density at radius 3 is 3.20 bits per heavy atom. The van der Waals surface area contributed by atoms with Crippen LogP contribution in [0.2, 0.25) is 5.02 Å². The average Bonchev–Trinajstić information content (AvgIpc) is 2.81. The molecular formula is C14H15ClN2O3. The molecule has 1 aliphatic rings. The van der Waals surface area contributed by atoms with Crippen molar-refractivity contribution in [1.82, 2.24) is 9.88 Å². The molecule has 2 heterocycles. The number of ether oxygens (including phenoxy) is 1. The van der Waals surface area contributed by atoms with Gasteiger partial charge in [0.2, 0.25) is 0 Å². The molecule has 5 nitrogen and oxygen atoms in total. The van der Waals surface area contributed by atoms with Crippen molar-refractivity contribution in [2.24, 2.45) is 0 Å². The predicted octanol–water partition coefficient (Wildman–Crippen LogP) is 2.11. The van der Waals surface area contributed by atoms with Crippen LogP contribution in [0.3, 0.4) is 0 Å². The Morgan fingerprint density at radius 2 is 2.40 bits per heavy atom. The largest absolute Gasteiger partial charge is 0.480 e. The molecule has 0 saturated carbocycles. The highest BCUT2D eigenvalue weighted by atomic mass is 35.5. The minimum Gasteiger partial charge on any atom is -0.480 e. The van der Waals surface area contributed by atoms with Gasteiger partial charge in [-0.05, 0) is 17.7 Å². The number of hydrogen-bond donors (Lipinski definition) is 2. The minimum absolute atomic E-state index is 0.240.